The van der Waals surface area contributed by atoms with Crippen LogP contribution in [0.4, 0.5) is 5.69 Å². The summed E-state index contributed by atoms with van der Waals surface area (Å²) in [6, 6.07) is 13.2. The largest absolute Gasteiger partial charge is 0.478 e. The number of aromatic amines is 1. The van der Waals surface area contributed by atoms with Gasteiger partial charge in [-0.15, -0.1) is 0 Å². The van der Waals surface area contributed by atoms with E-state index in [2.05, 4.69) is 30.4 Å². The Labute approximate surface area is 188 Å². The van der Waals surface area contributed by atoms with E-state index in [1.807, 2.05) is 18.2 Å². The first-order valence-corrected chi connectivity index (χ1v) is 10.5. The molecule has 0 saturated carbocycles. The second kappa shape index (κ2) is 8.66. The van der Waals surface area contributed by atoms with Crippen LogP contribution in [0, 0.1) is 0 Å². The summed E-state index contributed by atoms with van der Waals surface area (Å²) in [6.07, 6.45) is 1.45. The Morgan fingerprint density at radius 1 is 1.12 bits per heavy atom. The predicted octanol–water partition coefficient (Wildman–Crippen LogP) is 2.06. The quantitative estimate of drug-likeness (QED) is 0.440. The van der Waals surface area contributed by atoms with Gasteiger partial charge in [-0.25, -0.2) is 14.3 Å². The van der Waals surface area contributed by atoms with E-state index in [-0.39, 0.29) is 16.3 Å². The minimum atomic E-state index is -1.06. The second-order valence-electron chi connectivity index (χ2n) is 7.52. The number of nitrogens with one attached hydrogen (secondary N) is 1. The average molecular weight is 445 g/mol. The minimum absolute atomic E-state index is 0.109. The van der Waals surface area contributed by atoms with Gasteiger partial charge in [0.05, 0.1) is 27.4 Å². The summed E-state index contributed by atoms with van der Waals surface area (Å²) >= 11 is 0. The molecule has 4 aromatic rings. The zero-order valence-electron chi connectivity index (χ0n) is 18.3. The number of carboxylic acid groups (broad SMARTS) is 1. The van der Waals surface area contributed by atoms with Crippen LogP contribution in [0.1, 0.15) is 29.8 Å². The maximum Gasteiger partial charge on any atom is 0.343 e. The molecular weight excluding hydrogens is 422 g/mol. The molecule has 0 saturated heterocycles. The second-order valence-corrected chi connectivity index (χ2v) is 7.52. The van der Waals surface area contributed by atoms with E-state index in [9.17, 15) is 14.4 Å². The highest BCUT2D eigenvalue weighted by Crippen LogP contribution is 2.22. The van der Waals surface area contributed by atoms with E-state index in [1.54, 1.807) is 6.07 Å². The fourth-order valence-corrected chi connectivity index (χ4v) is 3.74. The Morgan fingerprint density at radius 2 is 1.82 bits per heavy atom. The third kappa shape index (κ3) is 4.10. The van der Waals surface area contributed by atoms with Crippen molar-refractivity contribution in [2.75, 3.05) is 18.0 Å². The van der Waals surface area contributed by atoms with Gasteiger partial charge in [-0.2, -0.15) is 0 Å². The van der Waals surface area contributed by atoms with Crippen molar-refractivity contribution >= 4 is 35.3 Å². The van der Waals surface area contributed by atoms with Gasteiger partial charge in [-0.3, -0.25) is 9.89 Å². The van der Waals surface area contributed by atoms with Crippen LogP contribution in [0.3, 0.4) is 0 Å². The molecule has 4 rings (SSSR count). The molecule has 0 unspecified atom stereocenters. The number of nitrogens with zero attached hydrogens (tertiary/aromatic N) is 2. The van der Waals surface area contributed by atoms with Crippen LogP contribution in [-0.4, -0.2) is 33.9 Å². The van der Waals surface area contributed by atoms with Gasteiger partial charge in [0, 0.05) is 30.2 Å². The van der Waals surface area contributed by atoms with Crippen LogP contribution in [0.25, 0.3) is 29.3 Å². The SMILES string of the molecule is C=c1[nH]n(-c2ccc(C(=O)O)cc2)c(=O)c1=Cc1cc2ccc(N(CC)CC)cc2oc1=O. The Bertz CT molecular complexity index is 1570. The van der Waals surface area contributed by atoms with Crippen molar-refractivity contribution in [2.24, 2.45) is 0 Å². The van der Waals surface area contributed by atoms with Crippen LogP contribution in [-0.2, 0) is 0 Å². The van der Waals surface area contributed by atoms with Gasteiger partial charge in [0.1, 0.15) is 5.58 Å². The van der Waals surface area contributed by atoms with Crippen molar-refractivity contribution in [2.45, 2.75) is 13.8 Å². The number of H-pyrrole nitrogens is 1. The van der Waals surface area contributed by atoms with Gasteiger partial charge >= 0.3 is 11.6 Å². The van der Waals surface area contributed by atoms with Crippen molar-refractivity contribution in [1.29, 1.82) is 0 Å². The molecule has 168 valence electrons. The summed E-state index contributed by atoms with van der Waals surface area (Å²) in [5.74, 6) is -1.06. The number of carboxylic acids is 1. The summed E-state index contributed by atoms with van der Waals surface area (Å²) in [5.41, 5.74) is 1.25. The normalized spacial score (nSPS) is 11.8. The lowest BCUT2D eigenvalue weighted by Gasteiger charge is -2.20. The van der Waals surface area contributed by atoms with Crippen molar-refractivity contribution in [1.82, 2.24) is 9.78 Å². The molecule has 2 N–H and O–H groups in total. The third-order valence-electron chi connectivity index (χ3n) is 5.55. The van der Waals surface area contributed by atoms with Crippen LogP contribution in [0.5, 0.6) is 0 Å². The lowest BCUT2D eigenvalue weighted by molar-refractivity contribution is 0.0697. The number of hydrogen-bond donors (Lipinski definition) is 2. The molecule has 0 aliphatic heterocycles. The molecule has 0 bridgehead atoms. The zero-order valence-corrected chi connectivity index (χ0v) is 18.3. The van der Waals surface area contributed by atoms with Gasteiger partial charge in [0.2, 0.25) is 0 Å². The summed E-state index contributed by atoms with van der Waals surface area (Å²) in [7, 11) is 0. The molecule has 0 spiro atoms. The number of aromatic nitrogens is 2. The van der Waals surface area contributed by atoms with E-state index in [0.29, 0.717) is 16.6 Å². The highest BCUT2D eigenvalue weighted by molar-refractivity contribution is 5.87. The number of hydrogen-bond acceptors (Lipinski definition) is 5. The molecule has 33 heavy (non-hydrogen) atoms. The topological polar surface area (TPSA) is 109 Å². The number of anilines is 1. The van der Waals surface area contributed by atoms with Crippen molar-refractivity contribution in [3.05, 3.63) is 91.0 Å². The molecule has 0 fully saturated rings. The van der Waals surface area contributed by atoms with Crippen molar-refractivity contribution < 1.29 is 14.3 Å². The molecule has 0 aliphatic rings. The monoisotopic (exact) mass is 445 g/mol. The van der Waals surface area contributed by atoms with E-state index in [4.69, 9.17) is 9.52 Å². The first-order valence-electron chi connectivity index (χ1n) is 10.5. The minimum Gasteiger partial charge on any atom is -0.478 e. The van der Waals surface area contributed by atoms with Gasteiger partial charge in [0.15, 0.2) is 0 Å². The van der Waals surface area contributed by atoms with E-state index >= 15 is 0 Å². The summed E-state index contributed by atoms with van der Waals surface area (Å²) in [5, 5.41) is 13.2. The highest BCUT2D eigenvalue weighted by atomic mass is 16.4. The smallest absolute Gasteiger partial charge is 0.343 e. The average Bonchev–Trinajstić information content (AvgIpc) is 3.08. The van der Waals surface area contributed by atoms with E-state index in [1.165, 1.54) is 35.0 Å². The van der Waals surface area contributed by atoms with Crippen LogP contribution < -0.4 is 26.7 Å². The zero-order chi connectivity index (χ0) is 23.7. The fourth-order valence-electron chi connectivity index (χ4n) is 3.74. The first kappa shape index (κ1) is 21.9. The lowest BCUT2D eigenvalue weighted by atomic mass is 10.1. The van der Waals surface area contributed by atoms with E-state index < -0.39 is 17.2 Å². The Balaban J connectivity index is 1.80. The Hall–Kier alpha value is -4.33. The number of carbonyl (C=O) groups is 1. The molecule has 0 atom stereocenters. The summed E-state index contributed by atoms with van der Waals surface area (Å²) in [4.78, 5) is 38.8. The van der Waals surface area contributed by atoms with Crippen molar-refractivity contribution in [3.8, 4) is 5.69 Å². The Morgan fingerprint density at radius 3 is 2.45 bits per heavy atom. The fraction of sp³-hybridized carbons (Fsp3) is 0.160. The number of rotatable bonds is 6. The van der Waals surface area contributed by atoms with Gasteiger partial charge in [-0.05, 0) is 62.4 Å². The Kier molecular flexibility index (Phi) is 5.74. The number of fused-ring (bicyclic) bond motifs is 1. The number of aromatic carboxylic acids is 1. The molecule has 2 aromatic carbocycles. The third-order valence-corrected chi connectivity index (χ3v) is 5.55. The maximum atomic E-state index is 13.0. The number of benzene rings is 2. The van der Waals surface area contributed by atoms with Crippen LogP contribution in [0.15, 0.2) is 62.5 Å². The molecule has 2 heterocycles. The molecular formula is C25H23N3O5. The lowest BCUT2D eigenvalue weighted by Crippen LogP contribution is -2.34. The first-order chi connectivity index (χ1) is 15.8. The molecule has 8 heteroatoms. The summed E-state index contributed by atoms with van der Waals surface area (Å²) in [6.45, 7) is 9.66. The van der Waals surface area contributed by atoms with Crippen molar-refractivity contribution in [3.63, 3.8) is 0 Å². The summed E-state index contributed by atoms with van der Waals surface area (Å²) < 4.78 is 6.79. The van der Waals surface area contributed by atoms with Gasteiger partial charge < -0.3 is 14.4 Å². The molecule has 2 aromatic heterocycles. The van der Waals surface area contributed by atoms with Gasteiger partial charge in [-0.1, -0.05) is 6.58 Å². The standard InChI is InChI=1S/C25H23N3O5/c1-4-27(5-2)20-11-8-17-12-18(25(32)33-22(17)14-20)13-21-15(3)26-28(23(21)29)19-9-6-16(7-10-19)24(30)31/h6-14,26H,3-5H2,1-2H3,(H,30,31). The van der Waals surface area contributed by atoms with Gasteiger partial charge in [0.25, 0.3) is 5.56 Å². The highest BCUT2D eigenvalue weighted by Gasteiger charge is 2.10. The maximum absolute atomic E-state index is 13.0. The van der Waals surface area contributed by atoms with E-state index in [0.717, 1.165) is 24.2 Å². The van der Waals surface area contributed by atoms with Crippen LogP contribution in [0.2, 0.25) is 0 Å². The molecule has 8 nitrogen and oxygen atoms in total. The molecule has 0 aliphatic carbocycles. The van der Waals surface area contributed by atoms with Crippen LogP contribution >= 0.6 is 0 Å². The molecule has 0 amide bonds. The predicted molar refractivity (Wildman–Crippen MR) is 128 cm³/mol. The molecule has 0 radical (unpaired) electrons.